The van der Waals surface area contributed by atoms with Crippen LogP contribution in [0.3, 0.4) is 0 Å². The molecule has 0 spiro atoms. The van der Waals surface area contributed by atoms with Gasteiger partial charge in [0.2, 0.25) is 0 Å². The predicted molar refractivity (Wildman–Crippen MR) is 146 cm³/mol. The molecule has 0 radical (unpaired) electrons. The van der Waals surface area contributed by atoms with Crippen molar-refractivity contribution in [1.82, 2.24) is 35.2 Å². The number of aromatic nitrogens is 5. The van der Waals surface area contributed by atoms with Crippen molar-refractivity contribution in [2.45, 2.75) is 45.3 Å². The minimum absolute atomic E-state index is 0.0353. The number of carbonyl (C=O) groups is 2. The Morgan fingerprint density at radius 3 is 2.36 bits per heavy atom. The third-order valence-corrected chi connectivity index (χ3v) is 6.71. The van der Waals surface area contributed by atoms with Gasteiger partial charge in [0.15, 0.2) is 22.8 Å². The molecule has 0 saturated carbocycles. The van der Waals surface area contributed by atoms with Crippen molar-refractivity contribution in [3.8, 4) is 11.4 Å². The summed E-state index contributed by atoms with van der Waals surface area (Å²) in [5.74, 6) is 1.27. The summed E-state index contributed by atoms with van der Waals surface area (Å²) in [7, 11) is 1.57. The van der Waals surface area contributed by atoms with Crippen molar-refractivity contribution >= 4 is 34.8 Å². The van der Waals surface area contributed by atoms with Crippen molar-refractivity contribution in [3.05, 3.63) is 24.3 Å². The highest BCUT2D eigenvalue weighted by Gasteiger charge is 2.30. The molecule has 0 bridgehead atoms. The fourth-order valence-electron chi connectivity index (χ4n) is 4.70. The van der Waals surface area contributed by atoms with E-state index in [0.717, 1.165) is 11.4 Å². The molecule has 3 aromatic rings. The first-order valence-electron chi connectivity index (χ1n) is 13.2. The van der Waals surface area contributed by atoms with E-state index >= 15 is 0 Å². The van der Waals surface area contributed by atoms with E-state index in [9.17, 15) is 9.59 Å². The van der Waals surface area contributed by atoms with Crippen LogP contribution >= 0.6 is 0 Å². The number of ether oxygens (including phenoxy) is 2. The number of urea groups is 1. The molecule has 0 unspecified atom stereocenters. The Morgan fingerprint density at radius 1 is 1.03 bits per heavy atom. The Labute approximate surface area is 226 Å². The van der Waals surface area contributed by atoms with E-state index < -0.39 is 5.60 Å². The SMILES string of the molecule is CNC(=O)Nc1ccc(-c2nc(N3CCOCC3)c3nnn(C4CCN(C(=O)OC(C)(C)C)CC4)c3n2)cc1. The topological polar surface area (TPSA) is 140 Å². The van der Waals surface area contributed by atoms with Crippen LogP contribution in [-0.2, 0) is 9.47 Å². The Morgan fingerprint density at radius 2 is 1.72 bits per heavy atom. The van der Waals surface area contributed by atoms with Gasteiger partial charge < -0.3 is 29.9 Å². The van der Waals surface area contributed by atoms with Gasteiger partial charge in [-0.25, -0.2) is 24.2 Å². The lowest BCUT2D eigenvalue weighted by molar-refractivity contribution is 0.0185. The van der Waals surface area contributed by atoms with Crippen molar-refractivity contribution in [3.63, 3.8) is 0 Å². The van der Waals surface area contributed by atoms with E-state index in [1.54, 1.807) is 11.9 Å². The van der Waals surface area contributed by atoms with E-state index in [1.165, 1.54) is 0 Å². The number of piperidine rings is 1. The van der Waals surface area contributed by atoms with Crippen LogP contribution in [0.4, 0.5) is 21.1 Å². The first kappa shape index (κ1) is 26.6. The van der Waals surface area contributed by atoms with Crippen molar-refractivity contribution in [2.75, 3.05) is 56.7 Å². The summed E-state index contributed by atoms with van der Waals surface area (Å²) in [4.78, 5) is 37.9. The number of hydrogen-bond acceptors (Lipinski definition) is 9. The summed E-state index contributed by atoms with van der Waals surface area (Å²) < 4.78 is 13.0. The van der Waals surface area contributed by atoms with Crippen LogP contribution in [0.2, 0.25) is 0 Å². The van der Waals surface area contributed by atoms with Gasteiger partial charge in [0.1, 0.15) is 5.60 Å². The zero-order valence-electron chi connectivity index (χ0n) is 22.8. The quantitative estimate of drug-likeness (QED) is 0.514. The van der Waals surface area contributed by atoms with E-state index in [4.69, 9.17) is 19.4 Å². The molecule has 208 valence electrons. The second-order valence-electron chi connectivity index (χ2n) is 10.7. The van der Waals surface area contributed by atoms with Gasteiger partial charge in [-0.3, -0.25) is 0 Å². The minimum Gasteiger partial charge on any atom is -0.444 e. The zero-order valence-corrected chi connectivity index (χ0v) is 22.8. The van der Waals surface area contributed by atoms with Crippen LogP contribution in [0.5, 0.6) is 0 Å². The Balaban J connectivity index is 1.44. The Bertz CT molecular complexity index is 1320. The summed E-state index contributed by atoms with van der Waals surface area (Å²) in [6, 6.07) is 7.13. The molecule has 3 amide bonds. The van der Waals surface area contributed by atoms with E-state index in [-0.39, 0.29) is 18.2 Å². The molecule has 2 fully saturated rings. The molecule has 13 heteroatoms. The summed E-state index contributed by atoms with van der Waals surface area (Å²) in [5, 5.41) is 14.3. The van der Waals surface area contributed by atoms with E-state index in [2.05, 4.69) is 25.8 Å². The molecule has 39 heavy (non-hydrogen) atoms. The molecule has 5 rings (SSSR count). The Kier molecular flexibility index (Phi) is 7.51. The zero-order chi connectivity index (χ0) is 27.6. The monoisotopic (exact) mass is 537 g/mol. The van der Waals surface area contributed by atoms with Crippen LogP contribution in [0.25, 0.3) is 22.6 Å². The number of nitrogens with one attached hydrogen (secondary N) is 2. The molecule has 0 aliphatic carbocycles. The number of carbonyl (C=O) groups excluding carboxylic acids is 2. The number of amides is 3. The fourth-order valence-corrected chi connectivity index (χ4v) is 4.70. The molecular weight excluding hydrogens is 502 g/mol. The molecule has 4 heterocycles. The van der Waals surface area contributed by atoms with Gasteiger partial charge in [-0.15, -0.1) is 5.10 Å². The molecule has 13 nitrogen and oxygen atoms in total. The lowest BCUT2D eigenvalue weighted by Crippen LogP contribution is -2.42. The number of rotatable bonds is 4. The highest BCUT2D eigenvalue weighted by molar-refractivity contribution is 5.89. The van der Waals surface area contributed by atoms with Crippen molar-refractivity contribution < 1.29 is 19.1 Å². The van der Waals surface area contributed by atoms with Crippen LogP contribution in [-0.4, -0.2) is 94.0 Å². The van der Waals surface area contributed by atoms with Crippen molar-refractivity contribution in [1.29, 1.82) is 0 Å². The number of morpholine rings is 1. The van der Waals surface area contributed by atoms with Crippen molar-refractivity contribution in [2.24, 2.45) is 0 Å². The molecule has 2 aliphatic heterocycles. The van der Waals surface area contributed by atoms with Gasteiger partial charge in [-0.2, -0.15) is 0 Å². The number of nitrogens with zero attached hydrogens (tertiary/aromatic N) is 7. The number of fused-ring (bicyclic) bond motifs is 1. The smallest absolute Gasteiger partial charge is 0.410 e. The maximum Gasteiger partial charge on any atom is 0.410 e. The first-order valence-corrected chi connectivity index (χ1v) is 13.2. The average molecular weight is 538 g/mol. The van der Waals surface area contributed by atoms with Crippen LogP contribution in [0.15, 0.2) is 24.3 Å². The number of benzene rings is 1. The molecule has 0 atom stereocenters. The number of likely N-dealkylation sites (tertiary alicyclic amines) is 1. The fraction of sp³-hybridized carbons (Fsp3) is 0.538. The number of anilines is 2. The predicted octanol–water partition coefficient (Wildman–Crippen LogP) is 3.05. The molecular formula is C26H35N9O4. The molecule has 2 aliphatic rings. The van der Waals surface area contributed by atoms with Gasteiger partial charge in [-0.1, -0.05) is 5.21 Å². The Hall–Kier alpha value is -4.00. The molecule has 2 N–H and O–H groups in total. The average Bonchev–Trinajstić information content (AvgIpc) is 3.36. The first-order chi connectivity index (χ1) is 18.7. The third-order valence-electron chi connectivity index (χ3n) is 6.71. The normalized spacial score (nSPS) is 16.8. The summed E-state index contributed by atoms with van der Waals surface area (Å²) in [6.45, 7) is 9.35. The second kappa shape index (κ2) is 11.0. The third kappa shape index (κ3) is 6.03. The molecule has 1 aromatic carbocycles. The highest BCUT2D eigenvalue weighted by atomic mass is 16.6. The largest absolute Gasteiger partial charge is 0.444 e. The highest BCUT2D eigenvalue weighted by Crippen LogP contribution is 2.31. The van der Waals surface area contributed by atoms with Gasteiger partial charge in [0.05, 0.1) is 19.3 Å². The standard InChI is InChI=1S/C26H35N9O4/c1-26(2,3)39-25(37)34-11-9-19(10-12-34)35-23-20(31-32-35)22(33-13-15-38-16-14-33)29-21(30-23)17-5-7-18(8-6-17)28-24(36)27-4/h5-8,19H,9-16H2,1-4H3,(H2,27,28,36). The lowest BCUT2D eigenvalue weighted by Gasteiger charge is -2.33. The van der Waals surface area contributed by atoms with Gasteiger partial charge in [0, 0.05) is 44.5 Å². The van der Waals surface area contributed by atoms with Gasteiger partial charge in [-0.05, 0) is 57.9 Å². The number of hydrogen-bond donors (Lipinski definition) is 2. The molecule has 2 saturated heterocycles. The van der Waals surface area contributed by atoms with E-state index in [0.29, 0.717) is 74.9 Å². The maximum atomic E-state index is 12.5. The summed E-state index contributed by atoms with van der Waals surface area (Å²) in [5.41, 5.74) is 2.24. The summed E-state index contributed by atoms with van der Waals surface area (Å²) in [6.07, 6.45) is 1.13. The minimum atomic E-state index is -0.532. The van der Waals surface area contributed by atoms with Crippen LogP contribution in [0.1, 0.15) is 39.7 Å². The van der Waals surface area contributed by atoms with E-state index in [1.807, 2.05) is 49.7 Å². The lowest BCUT2D eigenvalue weighted by atomic mass is 10.1. The second-order valence-corrected chi connectivity index (χ2v) is 10.7. The van der Waals surface area contributed by atoms with Gasteiger partial charge in [0.25, 0.3) is 0 Å². The van der Waals surface area contributed by atoms with Crippen LogP contribution < -0.4 is 15.5 Å². The van der Waals surface area contributed by atoms with Gasteiger partial charge >= 0.3 is 12.1 Å². The summed E-state index contributed by atoms with van der Waals surface area (Å²) >= 11 is 0. The maximum absolute atomic E-state index is 12.5. The van der Waals surface area contributed by atoms with Crippen LogP contribution in [0, 0.1) is 0 Å². The molecule has 2 aromatic heterocycles.